The molecule has 2 heterocycles. The number of hydrogen-bond donors (Lipinski definition) is 2. The second-order valence-electron chi connectivity index (χ2n) is 4.05. The summed E-state index contributed by atoms with van der Waals surface area (Å²) in [5.41, 5.74) is 7.11. The summed E-state index contributed by atoms with van der Waals surface area (Å²) in [6.07, 6.45) is 1.70. The van der Waals surface area contributed by atoms with Crippen LogP contribution >= 0.6 is 11.3 Å². The molecular formula is C13H15N3O3S. The predicted molar refractivity (Wildman–Crippen MR) is 78.1 cm³/mol. The fourth-order valence-electron chi connectivity index (χ4n) is 1.83. The molecule has 2 rings (SSSR count). The van der Waals surface area contributed by atoms with Crippen LogP contribution in [0.5, 0.6) is 0 Å². The van der Waals surface area contributed by atoms with Crippen molar-refractivity contribution in [2.24, 2.45) is 0 Å². The van der Waals surface area contributed by atoms with Crippen LogP contribution in [0, 0.1) is 0 Å². The number of anilines is 2. The Kier molecular flexibility index (Phi) is 4.09. The smallest absolute Gasteiger partial charge is 0.350 e. The SMILES string of the molecule is CCn1cc(N)cc1C(=O)Nc1ccsc1C(=O)OC. The van der Waals surface area contributed by atoms with Gasteiger partial charge in [-0.2, -0.15) is 0 Å². The summed E-state index contributed by atoms with van der Waals surface area (Å²) in [4.78, 5) is 24.1. The zero-order chi connectivity index (χ0) is 14.7. The molecule has 20 heavy (non-hydrogen) atoms. The van der Waals surface area contributed by atoms with Gasteiger partial charge >= 0.3 is 5.97 Å². The summed E-state index contributed by atoms with van der Waals surface area (Å²) in [5, 5.41) is 4.42. The third-order valence-electron chi connectivity index (χ3n) is 2.78. The van der Waals surface area contributed by atoms with Gasteiger partial charge in [0.2, 0.25) is 0 Å². The predicted octanol–water partition coefficient (Wildman–Crippen LogP) is 2.19. The van der Waals surface area contributed by atoms with E-state index < -0.39 is 5.97 Å². The Hall–Kier alpha value is -2.28. The number of hydrogen-bond acceptors (Lipinski definition) is 5. The van der Waals surface area contributed by atoms with Gasteiger partial charge in [-0.3, -0.25) is 4.79 Å². The lowest BCUT2D eigenvalue weighted by Crippen LogP contribution is -2.17. The molecule has 0 aliphatic rings. The molecule has 0 unspecified atom stereocenters. The zero-order valence-corrected chi connectivity index (χ0v) is 12.0. The summed E-state index contributed by atoms with van der Waals surface area (Å²) in [6.45, 7) is 2.55. The van der Waals surface area contributed by atoms with Gasteiger partial charge in [0.05, 0.1) is 18.5 Å². The molecule has 3 N–H and O–H groups in total. The minimum Gasteiger partial charge on any atom is -0.465 e. The van der Waals surface area contributed by atoms with Gasteiger partial charge < -0.3 is 20.4 Å². The topological polar surface area (TPSA) is 86.4 Å². The van der Waals surface area contributed by atoms with E-state index in [1.807, 2.05) is 6.92 Å². The summed E-state index contributed by atoms with van der Waals surface area (Å²) in [5.74, 6) is -0.784. The lowest BCUT2D eigenvalue weighted by atomic mass is 10.3. The lowest BCUT2D eigenvalue weighted by molar-refractivity contribution is 0.0607. The molecule has 2 aromatic rings. The highest BCUT2D eigenvalue weighted by molar-refractivity contribution is 7.12. The molecule has 0 spiro atoms. The Morgan fingerprint density at radius 3 is 2.90 bits per heavy atom. The van der Waals surface area contributed by atoms with Crippen molar-refractivity contribution in [2.45, 2.75) is 13.5 Å². The Balaban J connectivity index is 2.24. The maximum absolute atomic E-state index is 12.2. The number of esters is 1. The van der Waals surface area contributed by atoms with Crippen LogP contribution < -0.4 is 11.1 Å². The summed E-state index contributed by atoms with van der Waals surface area (Å²) < 4.78 is 6.41. The number of thiophene rings is 1. The molecule has 0 saturated heterocycles. The number of aryl methyl sites for hydroxylation is 1. The van der Waals surface area contributed by atoms with Crippen molar-refractivity contribution in [3.63, 3.8) is 0 Å². The Morgan fingerprint density at radius 2 is 2.25 bits per heavy atom. The minimum absolute atomic E-state index is 0.313. The second kappa shape index (κ2) is 5.79. The van der Waals surface area contributed by atoms with E-state index in [2.05, 4.69) is 10.1 Å². The third kappa shape index (κ3) is 2.67. The van der Waals surface area contributed by atoms with E-state index in [9.17, 15) is 9.59 Å². The quantitative estimate of drug-likeness (QED) is 0.846. The molecule has 0 aromatic carbocycles. The van der Waals surface area contributed by atoms with Crippen molar-refractivity contribution < 1.29 is 14.3 Å². The largest absolute Gasteiger partial charge is 0.465 e. The molecule has 6 nitrogen and oxygen atoms in total. The van der Waals surface area contributed by atoms with Crippen LogP contribution in [0.1, 0.15) is 27.1 Å². The van der Waals surface area contributed by atoms with Gasteiger partial charge in [0.1, 0.15) is 10.6 Å². The van der Waals surface area contributed by atoms with Crippen LogP contribution in [0.3, 0.4) is 0 Å². The van der Waals surface area contributed by atoms with Crippen LogP contribution in [0.4, 0.5) is 11.4 Å². The molecule has 2 aromatic heterocycles. The molecule has 106 valence electrons. The fraction of sp³-hybridized carbons (Fsp3) is 0.231. The first kappa shape index (κ1) is 14.1. The molecule has 0 aliphatic carbocycles. The molecule has 0 radical (unpaired) electrons. The number of ether oxygens (including phenoxy) is 1. The number of rotatable bonds is 4. The molecule has 0 aliphatic heterocycles. The minimum atomic E-state index is -0.472. The van der Waals surface area contributed by atoms with Crippen molar-refractivity contribution in [1.29, 1.82) is 0 Å². The number of carbonyl (C=O) groups is 2. The van der Waals surface area contributed by atoms with E-state index in [0.29, 0.717) is 28.5 Å². The number of nitrogens with two attached hydrogens (primary N) is 1. The number of carbonyl (C=O) groups excluding carboxylic acids is 2. The van der Waals surface area contributed by atoms with E-state index >= 15 is 0 Å². The lowest BCUT2D eigenvalue weighted by Gasteiger charge is -2.07. The third-order valence-corrected chi connectivity index (χ3v) is 3.67. The van der Waals surface area contributed by atoms with Crippen molar-refractivity contribution in [3.05, 3.63) is 34.3 Å². The number of amides is 1. The van der Waals surface area contributed by atoms with Gasteiger partial charge in [0, 0.05) is 12.7 Å². The molecular weight excluding hydrogens is 278 g/mol. The second-order valence-corrected chi connectivity index (χ2v) is 4.97. The van der Waals surface area contributed by atoms with Gasteiger partial charge in [-0.1, -0.05) is 0 Å². The highest BCUT2D eigenvalue weighted by Crippen LogP contribution is 2.24. The Morgan fingerprint density at radius 1 is 1.50 bits per heavy atom. The van der Waals surface area contributed by atoms with Crippen molar-refractivity contribution in [3.8, 4) is 0 Å². The molecule has 0 saturated carbocycles. The normalized spacial score (nSPS) is 10.3. The summed E-state index contributed by atoms with van der Waals surface area (Å²) in [6, 6.07) is 3.26. The van der Waals surface area contributed by atoms with Gasteiger partial charge in [0.15, 0.2) is 0 Å². The number of nitrogen functional groups attached to an aromatic ring is 1. The highest BCUT2D eigenvalue weighted by atomic mass is 32.1. The van der Waals surface area contributed by atoms with Crippen molar-refractivity contribution >= 4 is 34.6 Å². The number of methoxy groups -OCH3 is 1. The van der Waals surface area contributed by atoms with E-state index in [1.54, 1.807) is 28.3 Å². The highest BCUT2D eigenvalue weighted by Gasteiger charge is 2.18. The van der Waals surface area contributed by atoms with E-state index in [4.69, 9.17) is 5.73 Å². The number of nitrogens with one attached hydrogen (secondary N) is 1. The number of aromatic nitrogens is 1. The van der Waals surface area contributed by atoms with Gasteiger partial charge in [0.25, 0.3) is 5.91 Å². The zero-order valence-electron chi connectivity index (χ0n) is 11.2. The van der Waals surface area contributed by atoms with Crippen LogP contribution in [-0.2, 0) is 11.3 Å². The molecule has 0 bridgehead atoms. The average Bonchev–Trinajstić information content (AvgIpc) is 3.04. The van der Waals surface area contributed by atoms with Gasteiger partial charge in [-0.25, -0.2) is 4.79 Å². The summed E-state index contributed by atoms with van der Waals surface area (Å²) in [7, 11) is 1.30. The van der Waals surface area contributed by atoms with Crippen LogP contribution in [0.2, 0.25) is 0 Å². The van der Waals surface area contributed by atoms with Crippen LogP contribution in [0.25, 0.3) is 0 Å². The van der Waals surface area contributed by atoms with Crippen molar-refractivity contribution in [1.82, 2.24) is 4.57 Å². The molecule has 1 amide bonds. The Labute approximate surface area is 120 Å². The first-order valence-electron chi connectivity index (χ1n) is 5.99. The van der Waals surface area contributed by atoms with Crippen LogP contribution in [0.15, 0.2) is 23.7 Å². The number of nitrogens with zero attached hydrogens (tertiary/aromatic N) is 1. The monoisotopic (exact) mass is 293 g/mol. The first-order valence-corrected chi connectivity index (χ1v) is 6.87. The molecule has 0 fully saturated rings. The molecule has 7 heteroatoms. The average molecular weight is 293 g/mol. The maximum atomic E-state index is 12.2. The maximum Gasteiger partial charge on any atom is 0.350 e. The summed E-state index contributed by atoms with van der Waals surface area (Å²) >= 11 is 1.21. The van der Waals surface area contributed by atoms with Crippen molar-refractivity contribution in [2.75, 3.05) is 18.2 Å². The van der Waals surface area contributed by atoms with E-state index in [1.165, 1.54) is 18.4 Å². The van der Waals surface area contributed by atoms with E-state index in [0.717, 1.165) is 0 Å². The fourth-order valence-corrected chi connectivity index (χ4v) is 2.60. The Bertz CT molecular complexity index is 645. The van der Waals surface area contributed by atoms with Crippen LogP contribution in [-0.4, -0.2) is 23.6 Å². The first-order chi connectivity index (χ1) is 9.56. The van der Waals surface area contributed by atoms with Gasteiger partial charge in [-0.05, 0) is 24.4 Å². The standard InChI is InChI=1S/C13H15N3O3S/c1-3-16-7-8(14)6-10(16)12(17)15-9-4-5-20-11(9)13(18)19-2/h4-7H,3,14H2,1-2H3,(H,15,17). The molecule has 0 atom stereocenters. The van der Waals surface area contributed by atoms with Gasteiger partial charge in [-0.15, -0.1) is 11.3 Å². The van der Waals surface area contributed by atoms with E-state index in [-0.39, 0.29) is 5.91 Å².